The van der Waals surface area contributed by atoms with E-state index in [0.717, 1.165) is 41.2 Å². The molecular formula is C28H26Cl2N2O. The van der Waals surface area contributed by atoms with Crippen molar-refractivity contribution in [3.63, 3.8) is 0 Å². The van der Waals surface area contributed by atoms with Crippen LogP contribution in [0.25, 0.3) is 28.1 Å². The van der Waals surface area contributed by atoms with Gasteiger partial charge in [0, 0.05) is 30.4 Å². The quantitative estimate of drug-likeness (QED) is 0.302. The summed E-state index contributed by atoms with van der Waals surface area (Å²) in [6.45, 7) is 7.29. The molecule has 1 aliphatic heterocycles. The lowest BCUT2D eigenvalue weighted by atomic mass is 10.0. The van der Waals surface area contributed by atoms with Crippen LogP contribution in [0.2, 0.25) is 10.0 Å². The van der Waals surface area contributed by atoms with E-state index in [1.807, 2.05) is 18.2 Å². The van der Waals surface area contributed by atoms with Crippen molar-refractivity contribution in [1.29, 1.82) is 0 Å². The Balaban J connectivity index is 1.85. The minimum Gasteiger partial charge on any atom is -0.378 e. The lowest BCUT2D eigenvalue weighted by molar-refractivity contribution is 0.123. The molecule has 168 valence electrons. The molecule has 3 aromatic carbocycles. The molecule has 4 aromatic rings. The van der Waals surface area contributed by atoms with Crippen LogP contribution in [-0.2, 0) is 4.74 Å². The van der Waals surface area contributed by atoms with E-state index in [1.54, 1.807) is 0 Å². The van der Waals surface area contributed by atoms with Gasteiger partial charge in [-0.15, -0.1) is 0 Å². The molecule has 0 atom stereocenters. The first-order valence-corrected chi connectivity index (χ1v) is 11.9. The third-order valence-corrected chi connectivity index (χ3v) is 6.78. The van der Waals surface area contributed by atoms with Crippen molar-refractivity contribution in [3.05, 3.63) is 94.1 Å². The molecule has 5 rings (SSSR count). The van der Waals surface area contributed by atoms with E-state index in [9.17, 15) is 0 Å². The number of hydrogen-bond acceptors (Lipinski definition) is 2. The van der Waals surface area contributed by atoms with Crippen molar-refractivity contribution >= 4 is 28.9 Å². The number of anilines is 1. The average molecular weight is 477 g/mol. The normalized spacial score (nSPS) is 14.0. The number of aryl methyl sites for hydroxylation is 2. The van der Waals surface area contributed by atoms with Crippen LogP contribution in [-0.4, -0.2) is 30.9 Å². The smallest absolute Gasteiger partial charge is 0.0831 e. The highest BCUT2D eigenvalue weighted by atomic mass is 35.5. The number of benzene rings is 3. The predicted octanol–water partition coefficient (Wildman–Crippen LogP) is 7.57. The molecule has 1 fully saturated rings. The molecule has 5 heteroatoms. The Kier molecular flexibility index (Phi) is 6.20. The second kappa shape index (κ2) is 9.26. The fourth-order valence-corrected chi connectivity index (χ4v) is 5.01. The van der Waals surface area contributed by atoms with E-state index in [-0.39, 0.29) is 0 Å². The molecular weight excluding hydrogens is 451 g/mol. The van der Waals surface area contributed by atoms with Crippen LogP contribution in [0, 0.1) is 13.8 Å². The number of hydrogen-bond donors (Lipinski definition) is 0. The van der Waals surface area contributed by atoms with Gasteiger partial charge in [-0.05, 0) is 31.5 Å². The Morgan fingerprint density at radius 1 is 0.697 bits per heavy atom. The van der Waals surface area contributed by atoms with Crippen molar-refractivity contribution in [2.75, 3.05) is 31.2 Å². The SMILES string of the molecule is Cc1ccc(-c2cn(-c3c(Cl)cccc3Cl)c(-c3ccc(C)cc3)c2N2CCOCC2)cc1. The molecule has 0 radical (unpaired) electrons. The third-order valence-electron chi connectivity index (χ3n) is 6.17. The number of aromatic nitrogens is 1. The van der Waals surface area contributed by atoms with Gasteiger partial charge in [-0.1, -0.05) is 88.9 Å². The van der Waals surface area contributed by atoms with Gasteiger partial charge in [0.25, 0.3) is 0 Å². The summed E-state index contributed by atoms with van der Waals surface area (Å²) in [6.07, 6.45) is 2.18. The third kappa shape index (κ3) is 4.29. The first-order valence-electron chi connectivity index (χ1n) is 11.2. The van der Waals surface area contributed by atoms with Crippen LogP contribution in [0.15, 0.2) is 72.9 Å². The fraction of sp³-hybridized carbons (Fsp3) is 0.214. The number of para-hydroxylation sites is 1. The van der Waals surface area contributed by atoms with Crippen LogP contribution in [0.1, 0.15) is 11.1 Å². The number of halogens is 2. The van der Waals surface area contributed by atoms with Crippen molar-refractivity contribution in [1.82, 2.24) is 4.57 Å². The monoisotopic (exact) mass is 476 g/mol. The Hall–Kier alpha value is -2.72. The molecule has 0 spiro atoms. The lowest BCUT2D eigenvalue weighted by Crippen LogP contribution is -2.36. The van der Waals surface area contributed by atoms with E-state index in [2.05, 4.69) is 78.0 Å². The standard InChI is InChI=1S/C28H26Cl2N2O/c1-19-6-10-21(11-7-19)23-18-32(28-24(29)4-3-5-25(28)30)26(22-12-8-20(2)9-13-22)27(23)31-14-16-33-17-15-31/h3-13,18H,14-17H2,1-2H3. The minimum atomic E-state index is 0.620. The maximum Gasteiger partial charge on any atom is 0.0831 e. The zero-order valence-electron chi connectivity index (χ0n) is 18.8. The fourth-order valence-electron chi connectivity index (χ4n) is 4.43. The van der Waals surface area contributed by atoms with Gasteiger partial charge in [-0.25, -0.2) is 0 Å². The number of nitrogens with zero attached hydrogens (tertiary/aromatic N) is 2. The molecule has 0 N–H and O–H groups in total. The lowest BCUT2D eigenvalue weighted by Gasteiger charge is -2.31. The van der Waals surface area contributed by atoms with E-state index < -0.39 is 0 Å². The van der Waals surface area contributed by atoms with Gasteiger partial charge < -0.3 is 14.2 Å². The van der Waals surface area contributed by atoms with Gasteiger partial charge in [-0.3, -0.25) is 0 Å². The van der Waals surface area contributed by atoms with Crippen LogP contribution < -0.4 is 4.90 Å². The first-order chi connectivity index (χ1) is 16.0. The largest absolute Gasteiger partial charge is 0.378 e. The molecule has 1 aromatic heterocycles. The second-order valence-corrected chi connectivity index (χ2v) is 9.33. The van der Waals surface area contributed by atoms with Crippen LogP contribution in [0.4, 0.5) is 5.69 Å². The summed E-state index contributed by atoms with van der Waals surface area (Å²) >= 11 is 13.4. The Labute approximate surface area is 205 Å². The van der Waals surface area contributed by atoms with Crippen LogP contribution in [0.3, 0.4) is 0 Å². The van der Waals surface area contributed by atoms with Crippen LogP contribution in [0.5, 0.6) is 0 Å². The van der Waals surface area contributed by atoms with Gasteiger partial charge in [0.1, 0.15) is 0 Å². The Bertz CT molecular complexity index is 1250. The number of morpholine rings is 1. The average Bonchev–Trinajstić information content (AvgIpc) is 3.20. The summed E-state index contributed by atoms with van der Waals surface area (Å²) in [5.74, 6) is 0. The molecule has 0 bridgehead atoms. The highest BCUT2D eigenvalue weighted by molar-refractivity contribution is 6.37. The van der Waals surface area contributed by atoms with E-state index >= 15 is 0 Å². The van der Waals surface area contributed by atoms with Crippen molar-refractivity contribution in [2.45, 2.75) is 13.8 Å². The number of rotatable bonds is 4. The highest BCUT2D eigenvalue weighted by Gasteiger charge is 2.27. The summed E-state index contributed by atoms with van der Waals surface area (Å²) in [5.41, 5.74) is 8.96. The second-order valence-electron chi connectivity index (χ2n) is 8.51. The van der Waals surface area contributed by atoms with Crippen molar-refractivity contribution in [3.8, 4) is 28.1 Å². The van der Waals surface area contributed by atoms with Gasteiger partial charge in [0.05, 0.1) is 40.3 Å². The topological polar surface area (TPSA) is 17.4 Å². The summed E-state index contributed by atoms with van der Waals surface area (Å²) in [4.78, 5) is 2.43. The summed E-state index contributed by atoms with van der Waals surface area (Å²) in [6, 6.07) is 23.0. The molecule has 1 saturated heterocycles. The highest BCUT2D eigenvalue weighted by Crippen LogP contribution is 2.45. The van der Waals surface area contributed by atoms with Crippen LogP contribution >= 0.6 is 23.2 Å². The minimum absolute atomic E-state index is 0.620. The Morgan fingerprint density at radius 3 is 1.82 bits per heavy atom. The molecule has 0 unspecified atom stereocenters. The van der Waals surface area contributed by atoms with Gasteiger partial charge in [0.15, 0.2) is 0 Å². The van der Waals surface area contributed by atoms with E-state index in [1.165, 1.54) is 16.8 Å². The summed E-state index contributed by atoms with van der Waals surface area (Å²) in [7, 11) is 0. The zero-order valence-corrected chi connectivity index (χ0v) is 20.3. The molecule has 0 amide bonds. The molecule has 1 aliphatic rings. The molecule has 2 heterocycles. The zero-order chi connectivity index (χ0) is 22.9. The Morgan fingerprint density at radius 2 is 1.24 bits per heavy atom. The van der Waals surface area contributed by atoms with Gasteiger partial charge in [-0.2, -0.15) is 0 Å². The summed E-state index contributed by atoms with van der Waals surface area (Å²) < 4.78 is 7.84. The first kappa shape index (κ1) is 22.1. The maximum absolute atomic E-state index is 6.72. The summed E-state index contributed by atoms with van der Waals surface area (Å²) in [5, 5.41) is 1.24. The molecule has 0 saturated carbocycles. The number of ether oxygens (including phenoxy) is 1. The molecule has 0 aliphatic carbocycles. The van der Waals surface area contributed by atoms with Gasteiger partial charge in [0.2, 0.25) is 0 Å². The van der Waals surface area contributed by atoms with Gasteiger partial charge >= 0.3 is 0 Å². The van der Waals surface area contributed by atoms with Crippen molar-refractivity contribution in [2.24, 2.45) is 0 Å². The molecule has 33 heavy (non-hydrogen) atoms. The predicted molar refractivity (Wildman–Crippen MR) is 139 cm³/mol. The molecule has 3 nitrogen and oxygen atoms in total. The maximum atomic E-state index is 6.72. The van der Waals surface area contributed by atoms with E-state index in [4.69, 9.17) is 27.9 Å². The van der Waals surface area contributed by atoms with E-state index in [0.29, 0.717) is 23.3 Å². The van der Waals surface area contributed by atoms with Crippen molar-refractivity contribution < 1.29 is 4.74 Å².